The molecular weight excluding hydrogens is 178 g/mol. The number of amides is 1. The first-order valence-electron chi connectivity index (χ1n) is 4.39. The minimum absolute atomic E-state index is 0.00817. The van der Waals surface area contributed by atoms with E-state index in [4.69, 9.17) is 4.74 Å². The zero-order valence-electron chi connectivity index (χ0n) is 8.49. The molecule has 14 heavy (non-hydrogen) atoms. The number of hydrogen-bond donors (Lipinski definition) is 0. The summed E-state index contributed by atoms with van der Waals surface area (Å²) >= 11 is 0. The van der Waals surface area contributed by atoms with E-state index in [9.17, 15) is 4.79 Å². The first kappa shape index (κ1) is 10.6. The second-order valence-corrected chi connectivity index (χ2v) is 3.07. The van der Waals surface area contributed by atoms with E-state index < -0.39 is 0 Å². The third-order valence-corrected chi connectivity index (χ3v) is 1.78. The van der Waals surface area contributed by atoms with Gasteiger partial charge in [-0.25, -0.2) is 0 Å². The molecule has 0 aromatic heterocycles. The van der Waals surface area contributed by atoms with Crippen molar-refractivity contribution >= 4 is 5.91 Å². The Morgan fingerprint density at radius 3 is 2.36 bits per heavy atom. The number of nitrogens with zero attached hydrogens (tertiary/aromatic N) is 1. The molecule has 3 heteroatoms. The van der Waals surface area contributed by atoms with Gasteiger partial charge in [-0.05, 0) is 31.2 Å². The molecule has 0 saturated heterocycles. The molecule has 75 valence electrons. The number of hydrogen-bond acceptors (Lipinski definition) is 2. The van der Waals surface area contributed by atoms with Crippen LogP contribution in [0.4, 0.5) is 0 Å². The Balaban J connectivity index is 2.78. The van der Waals surface area contributed by atoms with Gasteiger partial charge in [-0.15, -0.1) is 0 Å². The predicted octanol–water partition coefficient (Wildman–Crippen LogP) is 1.60. The molecule has 1 aromatic rings. The van der Waals surface area contributed by atoms with Gasteiger partial charge in [0, 0.05) is 19.7 Å². The van der Waals surface area contributed by atoms with Crippen molar-refractivity contribution in [3.8, 4) is 5.75 Å². The maximum atomic E-state index is 11.5. The Labute approximate surface area is 84.3 Å². The monoisotopic (exact) mass is 192 g/mol. The van der Waals surface area contributed by atoms with Gasteiger partial charge in [0.15, 0.2) is 0 Å². The van der Waals surface area contributed by atoms with Crippen LogP contribution in [0.2, 0.25) is 0 Å². The lowest BCUT2D eigenvalue weighted by atomic mass is 10.2. The molecule has 0 aliphatic heterocycles. The van der Waals surface area contributed by atoms with E-state index in [0.717, 1.165) is 5.75 Å². The van der Waals surface area contributed by atoms with E-state index in [1.165, 1.54) is 4.90 Å². The van der Waals surface area contributed by atoms with Crippen molar-refractivity contribution in [3.63, 3.8) is 0 Å². The van der Waals surface area contributed by atoms with E-state index in [2.05, 4.69) is 6.92 Å². The number of carbonyl (C=O) groups is 1. The van der Waals surface area contributed by atoms with Crippen molar-refractivity contribution in [2.75, 3.05) is 20.7 Å². The standard InChI is InChI=1S/C11H14NO2/c1-4-14-10-7-5-9(6-8-10)11(13)12(2)3/h5-8H,1,4H2,2-3H3. The van der Waals surface area contributed by atoms with Gasteiger partial charge in [-0.2, -0.15) is 0 Å². The van der Waals surface area contributed by atoms with Gasteiger partial charge in [-0.1, -0.05) is 0 Å². The molecule has 3 nitrogen and oxygen atoms in total. The zero-order chi connectivity index (χ0) is 10.6. The van der Waals surface area contributed by atoms with Crippen LogP contribution in [-0.4, -0.2) is 31.5 Å². The fourth-order valence-corrected chi connectivity index (χ4v) is 1.07. The van der Waals surface area contributed by atoms with E-state index >= 15 is 0 Å². The van der Waals surface area contributed by atoms with Crippen molar-refractivity contribution in [3.05, 3.63) is 36.8 Å². The number of carbonyl (C=O) groups excluding carboxylic acids is 1. The summed E-state index contributed by atoms with van der Waals surface area (Å²) in [5.41, 5.74) is 0.659. The molecule has 0 unspecified atom stereocenters. The first-order chi connectivity index (χ1) is 6.65. The summed E-state index contributed by atoms with van der Waals surface area (Å²) in [6, 6.07) is 7.02. The van der Waals surface area contributed by atoms with Crippen LogP contribution in [0.15, 0.2) is 24.3 Å². The van der Waals surface area contributed by atoms with E-state index in [1.54, 1.807) is 38.4 Å². The normalized spacial score (nSPS) is 9.64. The first-order valence-corrected chi connectivity index (χ1v) is 4.39. The average Bonchev–Trinajstić information content (AvgIpc) is 2.18. The smallest absolute Gasteiger partial charge is 0.253 e. The van der Waals surface area contributed by atoms with Crippen LogP contribution in [-0.2, 0) is 0 Å². The van der Waals surface area contributed by atoms with Crippen LogP contribution in [0, 0.1) is 6.92 Å². The Morgan fingerprint density at radius 1 is 1.36 bits per heavy atom. The summed E-state index contributed by atoms with van der Waals surface area (Å²) in [6.07, 6.45) is 0. The molecule has 1 aromatic carbocycles. The highest BCUT2D eigenvalue weighted by molar-refractivity contribution is 5.93. The molecule has 1 amide bonds. The lowest BCUT2D eigenvalue weighted by Gasteiger charge is -2.10. The van der Waals surface area contributed by atoms with Crippen molar-refractivity contribution < 1.29 is 9.53 Å². The predicted molar refractivity (Wildman–Crippen MR) is 55.3 cm³/mol. The molecule has 0 aliphatic carbocycles. The molecular formula is C11H14NO2. The Morgan fingerprint density at radius 2 is 1.93 bits per heavy atom. The highest BCUT2D eigenvalue weighted by atomic mass is 16.5. The topological polar surface area (TPSA) is 29.5 Å². The third kappa shape index (κ3) is 2.49. The molecule has 1 radical (unpaired) electrons. The highest BCUT2D eigenvalue weighted by Crippen LogP contribution is 2.12. The third-order valence-electron chi connectivity index (χ3n) is 1.78. The molecule has 0 bridgehead atoms. The quantitative estimate of drug-likeness (QED) is 0.728. The minimum atomic E-state index is -0.00817. The maximum absolute atomic E-state index is 11.5. The second kappa shape index (κ2) is 4.65. The molecule has 1 rings (SSSR count). The molecule has 0 fully saturated rings. The van der Waals surface area contributed by atoms with E-state index in [0.29, 0.717) is 12.2 Å². The van der Waals surface area contributed by atoms with E-state index in [-0.39, 0.29) is 5.91 Å². The summed E-state index contributed by atoms with van der Waals surface area (Å²) in [7, 11) is 3.45. The van der Waals surface area contributed by atoms with Gasteiger partial charge in [0.05, 0.1) is 6.61 Å². The zero-order valence-corrected chi connectivity index (χ0v) is 8.49. The molecule has 0 atom stereocenters. The molecule has 0 N–H and O–H groups in total. The summed E-state index contributed by atoms with van der Waals surface area (Å²) in [4.78, 5) is 13.0. The lowest BCUT2D eigenvalue weighted by Crippen LogP contribution is -2.21. The second-order valence-electron chi connectivity index (χ2n) is 3.07. The molecule has 0 spiro atoms. The van der Waals surface area contributed by atoms with Crippen LogP contribution in [0.25, 0.3) is 0 Å². The van der Waals surface area contributed by atoms with Gasteiger partial charge >= 0.3 is 0 Å². The van der Waals surface area contributed by atoms with Gasteiger partial charge in [-0.3, -0.25) is 4.79 Å². The van der Waals surface area contributed by atoms with Crippen LogP contribution < -0.4 is 4.74 Å². The Bertz CT molecular complexity index is 304. The van der Waals surface area contributed by atoms with Gasteiger partial charge in [0.25, 0.3) is 5.91 Å². The van der Waals surface area contributed by atoms with E-state index in [1.807, 2.05) is 0 Å². The minimum Gasteiger partial charge on any atom is -0.494 e. The van der Waals surface area contributed by atoms with Crippen LogP contribution in [0.3, 0.4) is 0 Å². The van der Waals surface area contributed by atoms with Crippen molar-refractivity contribution in [1.82, 2.24) is 4.90 Å². The van der Waals surface area contributed by atoms with Crippen LogP contribution in [0.1, 0.15) is 10.4 Å². The van der Waals surface area contributed by atoms with Crippen molar-refractivity contribution in [2.45, 2.75) is 0 Å². The number of benzene rings is 1. The lowest BCUT2D eigenvalue weighted by molar-refractivity contribution is 0.0827. The van der Waals surface area contributed by atoms with Crippen molar-refractivity contribution in [1.29, 1.82) is 0 Å². The van der Waals surface area contributed by atoms with Crippen molar-refractivity contribution in [2.24, 2.45) is 0 Å². The average molecular weight is 192 g/mol. The van der Waals surface area contributed by atoms with Gasteiger partial charge in [0.2, 0.25) is 0 Å². The Kier molecular flexibility index (Phi) is 3.51. The largest absolute Gasteiger partial charge is 0.494 e. The number of rotatable bonds is 3. The maximum Gasteiger partial charge on any atom is 0.253 e. The SMILES string of the molecule is [CH2]COc1ccc(C(=O)N(C)C)cc1. The Hall–Kier alpha value is -1.51. The fraction of sp³-hybridized carbons (Fsp3) is 0.273. The summed E-state index contributed by atoms with van der Waals surface area (Å²) < 4.78 is 5.17. The fourth-order valence-electron chi connectivity index (χ4n) is 1.07. The van der Waals surface area contributed by atoms with Crippen LogP contribution >= 0.6 is 0 Å². The molecule has 0 saturated carbocycles. The summed E-state index contributed by atoms with van der Waals surface area (Å²) in [5, 5.41) is 0. The molecule has 0 heterocycles. The summed E-state index contributed by atoms with van der Waals surface area (Å²) in [5.74, 6) is 0.724. The van der Waals surface area contributed by atoms with Gasteiger partial charge < -0.3 is 9.64 Å². The molecule has 0 aliphatic rings. The summed E-state index contributed by atoms with van der Waals surface area (Å²) in [6.45, 7) is 3.96. The van der Waals surface area contributed by atoms with Crippen LogP contribution in [0.5, 0.6) is 5.75 Å². The number of ether oxygens (including phenoxy) is 1. The highest BCUT2D eigenvalue weighted by Gasteiger charge is 2.06. The van der Waals surface area contributed by atoms with Gasteiger partial charge in [0.1, 0.15) is 5.75 Å².